The van der Waals surface area contributed by atoms with E-state index in [9.17, 15) is 9.90 Å². The smallest absolute Gasteiger partial charge is 0.330 e. The van der Waals surface area contributed by atoms with Crippen LogP contribution in [0.25, 0.3) is 16.7 Å². The molecule has 0 aliphatic heterocycles. The first-order chi connectivity index (χ1) is 12.6. The van der Waals surface area contributed by atoms with E-state index in [1.165, 1.54) is 10.9 Å². The lowest BCUT2D eigenvalue weighted by Gasteiger charge is -2.10. The van der Waals surface area contributed by atoms with Crippen molar-refractivity contribution in [2.45, 2.75) is 26.7 Å². The van der Waals surface area contributed by atoms with Crippen molar-refractivity contribution in [1.82, 2.24) is 15.0 Å². The van der Waals surface area contributed by atoms with Crippen LogP contribution in [0.1, 0.15) is 24.5 Å². The molecule has 0 fully saturated rings. The first-order valence-electron chi connectivity index (χ1n) is 8.53. The van der Waals surface area contributed by atoms with Crippen LogP contribution >= 0.6 is 0 Å². The van der Waals surface area contributed by atoms with Crippen molar-refractivity contribution >= 4 is 17.0 Å². The summed E-state index contributed by atoms with van der Waals surface area (Å²) in [6.07, 6.45) is 4.47. The Bertz CT molecular complexity index is 927. The molecule has 1 heterocycles. The Kier molecular flexibility index (Phi) is 5.31. The summed E-state index contributed by atoms with van der Waals surface area (Å²) in [6, 6.07) is 11.4. The highest BCUT2D eigenvalue weighted by molar-refractivity contribution is 5.81. The topological polar surface area (TPSA) is 77.2 Å². The molecule has 0 amide bonds. The Morgan fingerprint density at radius 2 is 1.92 bits per heavy atom. The zero-order valence-corrected chi connectivity index (χ0v) is 14.8. The summed E-state index contributed by atoms with van der Waals surface area (Å²) in [4.78, 5) is 12.8. The Morgan fingerprint density at radius 1 is 1.23 bits per heavy atom. The Balaban J connectivity index is 1.77. The van der Waals surface area contributed by atoms with Crippen LogP contribution in [0, 0.1) is 6.92 Å². The van der Waals surface area contributed by atoms with Crippen molar-refractivity contribution in [3.8, 4) is 11.4 Å². The molecule has 0 aliphatic rings. The second-order valence-corrected chi connectivity index (χ2v) is 6.03. The average molecular weight is 351 g/mol. The minimum absolute atomic E-state index is 0.161. The zero-order valence-electron chi connectivity index (χ0n) is 14.8. The number of aromatic nitrogens is 3. The van der Waals surface area contributed by atoms with Crippen LogP contribution < -0.4 is 0 Å². The maximum atomic E-state index is 11.3. The number of phenols is 1. The third-order valence-corrected chi connectivity index (χ3v) is 4.00. The number of carbonyl (C=O) groups excluding carboxylic acids is 1. The number of phenolic OH excluding ortho intramolecular Hbond substituents is 1. The summed E-state index contributed by atoms with van der Waals surface area (Å²) < 4.78 is 5.11. The number of allylic oxidation sites excluding steroid dienone is 1. The van der Waals surface area contributed by atoms with Crippen molar-refractivity contribution < 1.29 is 14.6 Å². The molecule has 3 aromatic rings. The van der Waals surface area contributed by atoms with Crippen molar-refractivity contribution in [1.29, 1.82) is 0 Å². The first-order valence-corrected chi connectivity index (χ1v) is 8.53. The Morgan fingerprint density at radius 3 is 2.58 bits per heavy atom. The monoisotopic (exact) mass is 351 g/mol. The molecule has 0 saturated carbocycles. The number of nitrogens with zero attached hydrogens (tertiary/aromatic N) is 3. The fourth-order valence-electron chi connectivity index (χ4n) is 2.73. The molecule has 6 heteroatoms. The highest BCUT2D eigenvalue weighted by Gasteiger charge is 2.12. The largest absolute Gasteiger partial charge is 0.505 e. The molecule has 0 radical (unpaired) electrons. The quantitative estimate of drug-likeness (QED) is 0.418. The maximum absolute atomic E-state index is 11.3. The van der Waals surface area contributed by atoms with E-state index in [1.807, 2.05) is 43.3 Å². The van der Waals surface area contributed by atoms with Crippen molar-refractivity contribution in [2.24, 2.45) is 0 Å². The molecule has 0 atom stereocenters. The molecular formula is C20H21N3O3. The van der Waals surface area contributed by atoms with Crippen molar-refractivity contribution in [3.05, 3.63) is 59.7 Å². The SMILES string of the molecule is CC=CC(=O)OCCCc1cc(C)c(O)c(-n2nc3ccccc3n2)c1. The molecule has 1 aromatic heterocycles. The number of benzene rings is 2. The fourth-order valence-corrected chi connectivity index (χ4v) is 2.73. The predicted molar refractivity (Wildman–Crippen MR) is 99.4 cm³/mol. The molecule has 3 rings (SSSR count). The number of esters is 1. The van der Waals surface area contributed by atoms with Gasteiger partial charge in [-0.15, -0.1) is 15.0 Å². The van der Waals surface area contributed by atoms with Crippen molar-refractivity contribution in [2.75, 3.05) is 6.61 Å². The molecular weight excluding hydrogens is 330 g/mol. The molecule has 0 spiro atoms. The summed E-state index contributed by atoms with van der Waals surface area (Å²) in [5, 5.41) is 19.3. The highest BCUT2D eigenvalue weighted by atomic mass is 16.5. The minimum atomic E-state index is -0.331. The van der Waals surface area contributed by atoms with E-state index in [0.29, 0.717) is 18.7 Å². The summed E-state index contributed by atoms with van der Waals surface area (Å²) in [7, 11) is 0. The van der Waals surface area contributed by atoms with Crippen LogP contribution in [0.5, 0.6) is 5.75 Å². The molecule has 26 heavy (non-hydrogen) atoms. The van der Waals surface area contributed by atoms with Crippen LogP contribution in [-0.4, -0.2) is 32.7 Å². The second kappa shape index (κ2) is 7.82. The summed E-state index contributed by atoms with van der Waals surface area (Å²) in [5.41, 5.74) is 3.86. The molecule has 0 bridgehead atoms. The number of rotatable bonds is 6. The molecule has 6 nitrogen and oxygen atoms in total. The van der Waals surface area contributed by atoms with E-state index < -0.39 is 0 Å². The molecule has 1 N–H and O–H groups in total. The predicted octanol–water partition coefficient (Wildman–Crippen LogP) is 3.49. The van der Waals surface area contributed by atoms with Gasteiger partial charge in [-0.25, -0.2) is 4.79 Å². The lowest BCUT2D eigenvalue weighted by molar-refractivity contribution is -0.137. The lowest BCUT2D eigenvalue weighted by Crippen LogP contribution is -2.05. The summed E-state index contributed by atoms with van der Waals surface area (Å²) >= 11 is 0. The number of hydrogen-bond donors (Lipinski definition) is 1. The van der Waals surface area contributed by atoms with Gasteiger partial charge in [-0.3, -0.25) is 0 Å². The lowest BCUT2D eigenvalue weighted by atomic mass is 10.0. The van der Waals surface area contributed by atoms with E-state index >= 15 is 0 Å². The standard InChI is InChI=1S/C20H21N3O3/c1-3-7-19(24)26-11-6-8-15-12-14(2)20(25)18(13-15)23-21-16-9-4-5-10-17(16)22-23/h3-5,7,9-10,12-13,25H,6,8,11H2,1-2H3. The van der Waals surface area contributed by atoms with Crippen molar-refractivity contribution in [3.63, 3.8) is 0 Å². The molecule has 0 unspecified atom stereocenters. The number of ether oxygens (including phenoxy) is 1. The molecule has 0 aliphatic carbocycles. The van der Waals surface area contributed by atoms with Crippen LogP contribution in [0.4, 0.5) is 0 Å². The maximum Gasteiger partial charge on any atom is 0.330 e. The second-order valence-electron chi connectivity index (χ2n) is 6.03. The van der Waals surface area contributed by atoms with E-state index in [0.717, 1.165) is 28.6 Å². The van der Waals surface area contributed by atoms with Gasteiger partial charge < -0.3 is 9.84 Å². The molecule has 0 saturated heterocycles. The van der Waals surface area contributed by atoms with Crippen LogP contribution in [0.15, 0.2) is 48.6 Å². The van der Waals surface area contributed by atoms with E-state index in [1.54, 1.807) is 13.0 Å². The van der Waals surface area contributed by atoms with Gasteiger partial charge in [0.15, 0.2) is 0 Å². The van der Waals surface area contributed by atoms with E-state index in [2.05, 4.69) is 10.2 Å². The number of fused-ring (bicyclic) bond motifs is 1. The zero-order chi connectivity index (χ0) is 18.5. The van der Waals surface area contributed by atoms with Crippen LogP contribution in [0.2, 0.25) is 0 Å². The van der Waals surface area contributed by atoms with E-state index in [4.69, 9.17) is 4.74 Å². The average Bonchev–Trinajstić information content (AvgIpc) is 3.05. The van der Waals surface area contributed by atoms with Gasteiger partial charge in [0.25, 0.3) is 0 Å². The van der Waals surface area contributed by atoms with Gasteiger partial charge in [-0.05, 0) is 56.0 Å². The third-order valence-electron chi connectivity index (χ3n) is 4.00. The van der Waals surface area contributed by atoms with E-state index in [-0.39, 0.29) is 11.7 Å². The first kappa shape index (κ1) is 17.7. The van der Waals surface area contributed by atoms with Gasteiger partial charge in [0.1, 0.15) is 22.5 Å². The summed E-state index contributed by atoms with van der Waals surface area (Å²) in [5.74, 6) is -0.170. The molecule has 134 valence electrons. The number of hydrogen-bond acceptors (Lipinski definition) is 5. The van der Waals surface area contributed by atoms with Gasteiger partial charge in [0.05, 0.1) is 6.61 Å². The van der Waals surface area contributed by atoms with Gasteiger partial charge >= 0.3 is 5.97 Å². The number of carbonyl (C=O) groups is 1. The summed E-state index contributed by atoms with van der Waals surface area (Å²) in [6.45, 7) is 3.97. The fraction of sp³-hybridized carbons (Fsp3) is 0.250. The third kappa shape index (κ3) is 3.91. The Labute approximate surface area is 151 Å². The van der Waals surface area contributed by atoms with Crippen LogP contribution in [-0.2, 0) is 16.0 Å². The van der Waals surface area contributed by atoms with Gasteiger partial charge in [-0.2, -0.15) is 0 Å². The Hall–Kier alpha value is -3.15. The van der Waals surface area contributed by atoms with Crippen LogP contribution in [0.3, 0.4) is 0 Å². The molecule has 2 aromatic carbocycles. The van der Waals surface area contributed by atoms with Gasteiger partial charge in [0, 0.05) is 6.08 Å². The minimum Gasteiger partial charge on any atom is -0.505 e. The number of aryl methyl sites for hydroxylation is 2. The normalized spacial score (nSPS) is 11.3. The van der Waals surface area contributed by atoms with Gasteiger partial charge in [-0.1, -0.05) is 24.3 Å². The van der Waals surface area contributed by atoms with Gasteiger partial charge in [0.2, 0.25) is 0 Å². The number of aromatic hydroxyl groups is 1. The highest BCUT2D eigenvalue weighted by Crippen LogP contribution is 2.28.